The molecule has 0 aliphatic rings. The van der Waals surface area contributed by atoms with Gasteiger partial charge in [-0.3, -0.25) is 14.2 Å². The molecule has 1 heterocycles. The molecular weight excluding hydrogens is 498 g/mol. The lowest BCUT2D eigenvalue weighted by atomic mass is 10.2. The second kappa shape index (κ2) is 9.82. The maximum atomic E-state index is 13.4. The maximum absolute atomic E-state index is 13.4. The SMILES string of the molecule is Cc1ccccc1NC(=O)C(C#N)=c1sc(=Cc2cccc(Br)c2)c(=O)n1-c1ccccc1. The first kappa shape index (κ1) is 22.5. The van der Waals surface area contributed by atoms with Crippen molar-refractivity contribution in [2.75, 3.05) is 5.32 Å². The minimum absolute atomic E-state index is 0.127. The molecule has 0 saturated carbocycles. The molecular formula is C26H18BrN3O2S. The average molecular weight is 516 g/mol. The zero-order valence-corrected chi connectivity index (χ0v) is 20.0. The molecule has 1 amide bonds. The Balaban J connectivity index is 1.97. The number of nitriles is 1. The number of nitrogens with one attached hydrogen (secondary N) is 1. The summed E-state index contributed by atoms with van der Waals surface area (Å²) in [5.41, 5.74) is 2.48. The van der Waals surface area contributed by atoms with Crippen LogP contribution in [-0.4, -0.2) is 10.5 Å². The summed E-state index contributed by atoms with van der Waals surface area (Å²) in [5.74, 6) is -0.563. The summed E-state index contributed by atoms with van der Waals surface area (Å²) in [6, 6.07) is 25.9. The van der Waals surface area contributed by atoms with Crippen LogP contribution < -0.4 is 20.1 Å². The standard InChI is InChI=1S/C26H18BrN3O2S/c1-17-8-5-6-13-22(17)29-24(31)21(16-28)26-30(20-11-3-2-4-12-20)25(32)23(33-26)15-18-9-7-10-19(27)14-18/h2-15H,1H3,(H,29,31). The molecule has 7 heteroatoms. The van der Waals surface area contributed by atoms with E-state index in [-0.39, 0.29) is 15.8 Å². The van der Waals surface area contributed by atoms with Crippen molar-refractivity contribution < 1.29 is 4.79 Å². The predicted molar refractivity (Wildman–Crippen MR) is 136 cm³/mol. The Morgan fingerprint density at radius 2 is 1.79 bits per heavy atom. The van der Waals surface area contributed by atoms with Crippen molar-refractivity contribution in [1.29, 1.82) is 5.26 Å². The van der Waals surface area contributed by atoms with Gasteiger partial charge in [0.2, 0.25) is 0 Å². The van der Waals surface area contributed by atoms with Crippen LogP contribution in [0.5, 0.6) is 0 Å². The molecule has 4 aromatic rings. The summed E-state index contributed by atoms with van der Waals surface area (Å²) in [6.45, 7) is 1.87. The van der Waals surface area contributed by atoms with Gasteiger partial charge in [-0.15, -0.1) is 11.3 Å². The van der Waals surface area contributed by atoms with Crippen LogP contribution in [0.25, 0.3) is 17.3 Å². The molecule has 0 unspecified atom stereocenters. The van der Waals surface area contributed by atoms with E-state index < -0.39 is 5.91 Å². The molecule has 0 atom stereocenters. The molecule has 0 saturated heterocycles. The number of carbonyl (C=O) groups is 1. The van der Waals surface area contributed by atoms with Gasteiger partial charge in [0.15, 0.2) is 5.57 Å². The highest BCUT2D eigenvalue weighted by atomic mass is 79.9. The number of rotatable bonds is 4. The largest absolute Gasteiger partial charge is 0.321 e. The van der Waals surface area contributed by atoms with Crippen molar-refractivity contribution in [3.63, 3.8) is 0 Å². The molecule has 162 valence electrons. The molecule has 0 fully saturated rings. The van der Waals surface area contributed by atoms with E-state index in [4.69, 9.17) is 0 Å². The highest BCUT2D eigenvalue weighted by molar-refractivity contribution is 9.10. The number of thiazole rings is 1. The van der Waals surface area contributed by atoms with Gasteiger partial charge in [-0.2, -0.15) is 5.26 Å². The monoisotopic (exact) mass is 515 g/mol. The number of hydrogen-bond donors (Lipinski definition) is 1. The predicted octanol–water partition coefficient (Wildman–Crippen LogP) is 4.11. The third-order valence-corrected chi connectivity index (χ3v) is 6.52. The molecule has 1 aromatic heterocycles. The van der Waals surface area contributed by atoms with Gasteiger partial charge >= 0.3 is 0 Å². The number of hydrogen-bond acceptors (Lipinski definition) is 4. The number of carbonyl (C=O) groups excluding carboxylic acids is 1. The van der Waals surface area contributed by atoms with Crippen molar-refractivity contribution in [2.24, 2.45) is 0 Å². The summed E-state index contributed by atoms with van der Waals surface area (Å²) in [4.78, 5) is 26.5. The fourth-order valence-electron chi connectivity index (χ4n) is 3.30. The van der Waals surface area contributed by atoms with E-state index in [0.29, 0.717) is 15.9 Å². The number of amides is 1. The third-order valence-electron chi connectivity index (χ3n) is 4.93. The summed E-state index contributed by atoms with van der Waals surface area (Å²) >= 11 is 4.56. The van der Waals surface area contributed by atoms with E-state index in [9.17, 15) is 14.9 Å². The van der Waals surface area contributed by atoms with E-state index in [1.807, 2.05) is 61.5 Å². The summed E-state index contributed by atoms with van der Waals surface area (Å²) in [6.07, 6.45) is 1.76. The van der Waals surface area contributed by atoms with Crippen LogP contribution in [0.1, 0.15) is 11.1 Å². The van der Waals surface area contributed by atoms with Crippen LogP contribution in [0.4, 0.5) is 5.69 Å². The summed E-state index contributed by atoms with van der Waals surface area (Å²) < 4.78 is 3.01. The molecule has 0 bridgehead atoms. The lowest BCUT2D eigenvalue weighted by Crippen LogP contribution is -2.32. The molecule has 0 aliphatic carbocycles. The molecule has 33 heavy (non-hydrogen) atoms. The van der Waals surface area contributed by atoms with E-state index in [2.05, 4.69) is 21.2 Å². The van der Waals surface area contributed by atoms with E-state index in [0.717, 1.165) is 26.9 Å². The minimum atomic E-state index is -0.563. The second-order valence-electron chi connectivity index (χ2n) is 7.20. The molecule has 3 aromatic carbocycles. The lowest BCUT2D eigenvalue weighted by Gasteiger charge is -2.08. The number of benzene rings is 3. The van der Waals surface area contributed by atoms with Crippen molar-refractivity contribution in [1.82, 2.24) is 4.57 Å². The van der Waals surface area contributed by atoms with Crippen LogP contribution >= 0.6 is 27.3 Å². The van der Waals surface area contributed by atoms with Gasteiger partial charge in [-0.1, -0.05) is 64.5 Å². The molecule has 0 radical (unpaired) electrons. The van der Waals surface area contributed by atoms with E-state index in [1.165, 1.54) is 4.57 Å². The normalized spacial score (nSPS) is 12.2. The first-order valence-electron chi connectivity index (χ1n) is 10.0. The number of anilines is 1. The summed E-state index contributed by atoms with van der Waals surface area (Å²) in [7, 11) is 0. The fourth-order valence-corrected chi connectivity index (χ4v) is 4.82. The number of nitrogens with zero attached hydrogens (tertiary/aromatic N) is 2. The Bertz CT molecular complexity index is 1560. The van der Waals surface area contributed by atoms with Gasteiger partial charge in [-0.05, 0) is 54.5 Å². The number of para-hydroxylation sites is 2. The number of halogens is 1. The Kier molecular flexibility index (Phi) is 6.68. The Morgan fingerprint density at radius 1 is 1.06 bits per heavy atom. The Hall–Kier alpha value is -3.73. The molecule has 4 rings (SSSR count). The maximum Gasteiger partial charge on any atom is 0.273 e. The average Bonchev–Trinajstić information content (AvgIpc) is 3.12. The molecule has 0 spiro atoms. The third kappa shape index (κ3) is 4.87. The van der Waals surface area contributed by atoms with Crippen LogP contribution in [0.15, 0.2) is 88.1 Å². The zero-order chi connectivity index (χ0) is 23.4. The smallest absolute Gasteiger partial charge is 0.273 e. The molecule has 0 aliphatic heterocycles. The molecule has 5 nitrogen and oxygen atoms in total. The number of aryl methyl sites for hydroxylation is 1. The number of aromatic nitrogens is 1. The highest BCUT2D eigenvalue weighted by Gasteiger charge is 2.17. The first-order valence-corrected chi connectivity index (χ1v) is 11.6. The Morgan fingerprint density at radius 3 is 2.48 bits per heavy atom. The van der Waals surface area contributed by atoms with Crippen molar-refractivity contribution in [2.45, 2.75) is 6.92 Å². The topological polar surface area (TPSA) is 74.9 Å². The van der Waals surface area contributed by atoms with Crippen molar-refractivity contribution in [3.05, 3.63) is 114 Å². The van der Waals surface area contributed by atoms with Crippen LogP contribution in [-0.2, 0) is 4.79 Å². The second-order valence-corrected chi connectivity index (χ2v) is 9.15. The van der Waals surface area contributed by atoms with Gasteiger partial charge in [0, 0.05) is 10.2 Å². The minimum Gasteiger partial charge on any atom is -0.321 e. The van der Waals surface area contributed by atoms with Crippen LogP contribution in [0.3, 0.4) is 0 Å². The van der Waals surface area contributed by atoms with Crippen molar-refractivity contribution in [3.8, 4) is 11.8 Å². The van der Waals surface area contributed by atoms with Crippen LogP contribution in [0.2, 0.25) is 0 Å². The molecule has 1 N–H and O–H groups in total. The van der Waals surface area contributed by atoms with Gasteiger partial charge in [0.25, 0.3) is 11.5 Å². The van der Waals surface area contributed by atoms with Crippen LogP contribution in [0, 0.1) is 18.3 Å². The van der Waals surface area contributed by atoms with Gasteiger partial charge in [0.05, 0.1) is 10.2 Å². The zero-order valence-electron chi connectivity index (χ0n) is 17.6. The first-order chi connectivity index (χ1) is 16.0. The fraction of sp³-hybridized carbons (Fsp3) is 0.0385. The quantitative estimate of drug-likeness (QED) is 0.444. The summed E-state index contributed by atoms with van der Waals surface area (Å²) in [5, 5.41) is 12.7. The van der Waals surface area contributed by atoms with Gasteiger partial charge in [0.1, 0.15) is 10.7 Å². The van der Waals surface area contributed by atoms with Gasteiger partial charge in [-0.25, -0.2) is 0 Å². The Labute approximate surface area is 202 Å². The van der Waals surface area contributed by atoms with E-state index >= 15 is 0 Å². The highest BCUT2D eigenvalue weighted by Crippen LogP contribution is 2.15. The van der Waals surface area contributed by atoms with Crippen molar-refractivity contribution >= 4 is 50.5 Å². The van der Waals surface area contributed by atoms with Gasteiger partial charge < -0.3 is 5.32 Å². The van der Waals surface area contributed by atoms with E-state index in [1.54, 1.807) is 36.4 Å². The lowest BCUT2D eigenvalue weighted by molar-refractivity contribution is -0.111.